The summed E-state index contributed by atoms with van der Waals surface area (Å²) in [5.74, 6) is -0.788. The number of nitriles is 1. The van der Waals surface area contributed by atoms with Gasteiger partial charge in [-0.2, -0.15) is 5.26 Å². The first kappa shape index (κ1) is 18.9. The molecule has 0 spiro atoms. The minimum absolute atomic E-state index is 0.0489. The van der Waals surface area contributed by atoms with Crippen LogP contribution in [0.15, 0.2) is 92.9 Å². The van der Waals surface area contributed by atoms with Gasteiger partial charge in [-0.1, -0.05) is 42.5 Å². The number of nitrogens with zero attached hydrogens (tertiary/aromatic N) is 1. The maximum absolute atomic E-state index is 13.3. The van der Waals surface area contributed by atoms with Crippen LogP contribution in [0.1, 0.15) is 35.8 Å². The predicted octanol–water partition coefficient (Wildman–Crippen LogP) is 4.00. The third-order valence-electron chi connectivity index (χ3n) is 5.95. The summed E-state index contributed by atoms with van der Waals surface area (Å²) in [6, 6.07) is 18.6. The Morgan fingerprint density at radius 3 is 2.52 bits per heavy atom. The first-order valence-corrected chi connectivity index (χ1v) is 9.97. The molecule has 0 amide bonds. The summed E-state index contributed by atoms with van der Waals surface area (Å²) in [5, 5.41) is 10.2. The molecule has 6 heteroatoms. The van der Waals surface area contributed by atoms with Gasteiger partial charge in [0.1, 0.15) is 23.0 Å². The number of ether oxygens (including phenoxy) is 1. The van der Waals surface area contributed by atoms with E-state index in [0.29, 0.717) is 28.7 Å². The van der Waals surface area contributed by atoms with Crippen molar-refractivity contribution >= 4 is 16.8 Å². The number of allylic oxidation sites excluding steroid dienone is 3. The Bertz CT molecular complexity index is 1380. The first-order chi connectivity index (χ1) is 15.1. The molecule has 2 heterocycles. The number of Topliss-reactive ketones (excluding diaryl/α,β-unsaturated/α-hetero) is 1. The van der Waals surface area contributed by atoms with E-state index in [1.165, 1.54) is 6.26 Å². The second-order valence-electron chi connectivity index (χ2n) is 7.72. The van der Waals surface area contributed by atoms with Crippen LogP contribution in [0.3, 0.4) is 0 Å². The molecule has 1 aromatic heterocycles. The summed E-state index contributed by atoms with van der Waals surface area (Å²) in [6.07, 6.45) is 2.05. The Balaban J connectivity index is 1.67. The number of hydrogen-bond donors (Lipinski definition) is 1. The minimum Gasteiger partial charge on any atom is -0.464 e. The van der Waals surface area contributed by atoms with E-state index in [0.717, 1.165) is 5.56 Å². The molecule has 0 radical (unpaired) electrons. The molecule has 2 N–H and O–H groups in total. The van der Waals surface area contributed by atoms with E-state index in [9.17, 15) is 14.9 Å². The van der Waals surface area contributed by atoms with Crippen molar-refractivity contribution in [1.82, 2.24) is 0 Å². The molecule has 0 fully saturated rings. The van der Waals surface area contributed by atoms with Gasteiger partial charge in [-0.25, -0.2) is 0 Å². The second kappa shape index (κ2) is 7.29. The zero-order chi connectivity index (χ0) is 21.5. The third-order valence-corrected chi connectivity index (χ3v) is 5.95. The molecular formula is C25H18N2O4. The summed E-state index contributed by atoms with van der Waals surface area (Å²) in [6.45, 7) is 0. The highest BCUT2D eigenvalue weighted by Crippen LogP contribution is 2.46. The lowest BCUT2D eigenvalue weighted by Gasteiger charge is -2.33. The predicted molar refractivity (Wildman–Crippen MR) is 114 cm³/mol. The fraction of sp³-hybridized carbons (Fsp3) is 0.160. The fourth-order valence-corrected chi connectivity index (χ4v) is 4.47. The number of benzene rings is 2. The number of para-hydroxylation sites is 1. The van der Waals surface area contributed by atoms with Gasteiger partial charge in [0.2, 0.25) is 5.88 Å². The molecule has 1 aliphatic carbocycles. The largest absolute Gasteiger partial charge is 0.464 e. The van der Waals surface area contributed by atoms with Gasteiger partial charge in [-0.3, -0.25) is 9.59 Å². The molecule has 31 heavy (non-hydrogen) atoms. The molecule has 5 rings (SSSR count). The highest BCUT2D eigenvalue weighted by molar-refractivity contribution is 6.00. The van der Waals surface area contributed by atoms with Crippen LogP contribution >= 0.6 is 0 Å². The van der Waals surface area contributed by atoms with Crippen LogP contribution in [-0.2, 0) is 9.53 Å². The molecule has 0 unspecified atom stereocenters. The SMILES string of the molecule is N#CC1=C(N)OC2=C(C(=O)C[C@@H](c3ccccc3)C2)[C@H]1c1coc2ccccc2c1=O. The van der Waals surface area contributed by atoms with Gasteiger partial charge in [0.25, 0.3) is 0 Å². The summed E-state index contributed by atoms with van der Waals surface area (Å²) in [4.78, 5) is 26.6. The maximum Gasteiger partial charge on any atom is 0.205 e. The summed E-state index contributed by atoms with van der Waals surface area (Å²) >= 11 is 0. The van der Waals surface area contributed by atoms with Crippen molar-refractivity contribution in [2.45, 2.75) is 24.7 Å². The number of nitrogens with two attached hydrogens (primary N) is 1. The zero-order valence-corrected chi connectivity index (χ0v) is 16.5. The summed E-state index contributed by atoms with van der Waals surface area (Å²) in [7, 11) is 0. The molecule has 2 aromatic carbocycles. The van der Waals surface area contributed by atoms with Crippen LogP contribution in [0, 0.1) is 11.3 Å². The van der Waals surface area contributed by atoms with Gasteiger partial charge in [0, 0.05) is 24.0 Å². The van der Waals surface area contributed by atoms with Crippen LogP contribution < -0.4 is 11.2 Å². The molecule has 6 nitrogen and oxygen atoms in total. The highest BCUT2D eigenvalue weighted by atomic mass is 16.5. The summed E-state index contributed by atoms with van der Waals surface area (Å²) in [5.41, 5.74) is 7.82. The van der Waals surface area contributed by atoms with Gasteiger partial charge >= 0.3 is 0 Å². The maximum atomic E-state index is 13.3. The topological polar surface area (TPSA) is 106 Å². The minimum atomic E-state index is -0.904. The first-order valence-electron chi connectivity index (χ1n) is 9.97. The van der Waals surface area contributed by atoms with E-state index in [1.807, 2.05) is 36.4 Å². The van der Waals surface area contributed by atoms with Crippen LogP contribution in [-0.4, -0.2) is 5.78 Å². The van der Waals surface area contributed by atoms with E-state index in [4.69, 9.17) is 14.9 Å². The fourth-order valence-electron chi connectivity index (χ4n) is 4.47. The number of carbonyl (C=O) groups is 1. The molecule has 152 valence electrons. The van der Waals surface area contributed by atoms with E-state index in [-0.39, 0.29) is 40.6 Å². The Labute approximate surface area is 177 Å². The van der Waals surface area contributed by atoms with Crippen molar-refractivity contribution < 1.29 is 13.9 Å². The second-order valence-corrected chi connectivity index (χ2v) is 7.72. The van der Waals surface area contributed by atoms with Crippen LogP contribution in [0.4, 0.5) is 0 Å². The molecule has 0 saturated carbocycles. The standard InChI is InChI=1S/C25H18N2O4/c26-12-17-22(18-13-30-20-9-5-4-8-16(20)24(18)29)23-19(28)10-15(11-21(23)31-25(17)27)14-6-2-1-3-7-14/h1-9,13,15,22H,10-11,27H2/t15-,22-/m1/s1. The molecule has 0 saturated heterocycles. The van der Waals surface area contributed by atoms with Gasteiger partial charge in [-0.05, 0) is 23.6 Å². The monoisotopic (exact) mass is 410 g/mol. The smallest absolute Gasteiger partial charge is 0.205 e. The van der Waals surface area contributed by atoms with E-state index >= 15 is 0 Å². The zero-order valence-electron chi connectivity index (χ0n) is 16.5. The van der Waals surface area contributed by atoms with Crippen molar-refractivity contribution in [2.75, 3.05) is 0 Å². The number of hydrogen-bond acceptors (Lipinski definition) is 6. The quantitative estimate of drug-likeness (QED) is 0.684. The lowest BCUT2D eigenvalue weighted by atomic mass is 9.74. The van der Waals surface area contributed by atoms with Crippen LogP contribution in [0.2, 0.25) is 0 Å². The van der Waals surface area contributed by atoms with Crippen molar-refractivity contribution in [1.29, 1.82) is 5.26 Å². The van der Waals surface area contributed by atoms with E-state index in [1.54, 1.807) is 24.3 Å². The number of rotatable bonds is 2. The van der Waals surface area contributed by atoms with Crippen LogP contribution in [0.5, 0.6) is 0 Å². The Morgan fingerprint density at radius 1 is 1.00 bits per heavy atom. The van der Waals surface area contributed by atoms with Gasteiger partial charge < -0.3 is 14.9 Å². The van der Waals surface area contributed by atoms with E-state index < -0.39 is 5.92 Å². The average molecular weight is 410 g/mol. The van der Waals surface area contributed by atoms with Gasteiger partial charge in [0.15, 0.2) is 11.2 Å². The van der Waals surface area contributed by atoms with Crippen molar-refractivity contribution in [3.8, 4) is 6.07 Å². The van der Waals surface area contributed by atoms with Gasteiger partial charge in [0.05, 0.1) is 17.6 Å². The van der Waals surface area contributed by atoms with Crippen molar-refractivity contribution in [2.24, 2.45) is 5.73 Å². The lowest BCUT2D eigenvalue weighted by Crippen LogP contribution is -2.31. The lowest BCUT2D eigenvalue weighted by molar-refractivity contribution is -0.117. The Kier molecular flexibility index (Phi) is 4.45. The van der Waals surface area contributed by atoms with Crippen molar-refractivity contribution in [3.05, 3.63) is 105 Å². The third kappa shape index (κ3) is 3.03. The Morgan fingerprint density at radius 2 is 1.74 bits per heavy atom. The Hall–Kier alpha value is -4.11. The molecule has 2 atom stereocenters. The average Bonchev–Trinajstić information content (AvgIpc) is 2.79. The van der Waals surface area contributed by atoms with E-state index in [2.05, 4.69) is 0 Å². The molecule has 3 aromatic rings. The van der Waals surface area contributed by atoms with Crippen molar-refractivity contribution in [3.63, 3.8) is 0 Å². The normalized spacial score (nSPS) is 20.9. The number of fused-ring (bicyclic) bond motifs is 1. The highest BCUT2D eigenvalue weighted by Gasteiger charge is 2.42. The van der Waals surface area contributed by atoms with Gasteiger partial charge in [-0.15, -0.1) is 0 Å². The molecule has 2 aliphatic rings. The van der Waals surface area contributed by atoms with Crippen LogP contribution in [0.25, 0.3) is 11.0 Å². The number of carbonyl (C=O) groups excluding carboxylic acids is 1. The molecular weight excluding hydrogens is 392 g/mol. The molecule has 0 bridgehead atoms. The number of ketones is 1. The molecule has 1 aliphatic heterocycles. The summed E-state index contributed by atoms with van der Waals surface area (Å²) < 4.78 is 11.4.